The van der Waals surface area contributed by atoms with Crippen molar-refractivity contribution in [2.24, 2.45) is 0 Å². The van der Waals surface area contributed by atoms with Crippen molar-refractivity contribution >= 4 is 17.4 Å². The van der Waals surface area contributed by atoms with Crippen LogP contribution in [0.4, 0.5) is 11.5 Å². The number of hydrogen-bond acceptors (Lipinski definition) is 6. The molecule has 1 saturated heterocycles. The highest BCUT2D eigenvalue weighted by Crippen LogP contribution is 2.23. The minimum atomic E-state index is -0.421. The second-order valence-corrected chi connectivity index (χ2v) is 6.42. The number of nitrogens with zero attached hydrogens (tertiary/aromatic N) is 5. The van der Waals surface area contributed by atoms with Crippen molar-refractivity contribution in [1.82, 2.24) is 14.9 Å². The molecule has 142 valence electrons. The molecule has 8 heteroatoms. The predicted octanol–water partition coefficient (Wildman–Crippen LogP) is 2.67. The molecule has 0 spiro atoms. The quantitative estimate of drug-likeness (QED) is 0.594. The first kappa shape index (κ1) is 18.8. The lowest BCUT2D eigenvalue weighted by molar-refractivity contribution is -0.384. The van der Waals surface area contributed by atoms with Crippen LogP contribution in [0.1, 0.15) is 26.0 Å². The monoisotopic (exact) mass is 369 g/mol. The number of nitro benzene ring substituents is 1. The molecule has 0 radical (unpaired) electrons. The summed E-state index contributed by atoms with van der Waals surface area (Å²) < 4.78 is 0. The van der Waals surface area contributed by atoms with Gasteiger partial charge in [0, 0.05) is 62.1 Å². The molecule has 8 nitrogen and oxygen atoms in total. The maximum atomic E-state index is 11.9. The second kappa shape index (κ2) is 8.11. The highest BCUT2D eigenvalue weighted by atomic mass is 16.6. The molecule has 27 heavy (non-hydrogen) atoms. The van der Waals surface area contributed by atoms with E-state index in [1.807, 2.05) is 24.8 Å². The van der Waals surface area contributed by atoms with Gasteiger partial charge in [0.2, 0.25) is 5.91 Å². The number of hydrogen-bond donors (Lipinski definition) is 0. The van der Waals surface area contributed by atoms with E-state index in [9.17, 15) is 14.9 Å². The molecule has 1 aromatic carbocycles. The van der Waals surface area contributed by atoms with E-state index in [1.54, 1.807) is 12.1 Å². The molecule has 1 amide bonds. The fraction of sp³-hybridized carbons (Fsp3) is 0.421. The zero-order valence-corrected chi connectivity index (χ0v) is 15.6. The standard InChI is InChI=1S/C19H23N5O3/c1-3-15-13-17(22-9-11-23(12-10-22)18(25)4-2)21-19(20-15)14-5-7-16(8-6-14)24(26)27/h5-8,13H,3-4,9-12H2,1-2H3. The molecule has 0 bridgehead atoms. The Labute approximate surface area is 158 Å². The zero-order valence-electron chi connectivity index (χ0n) is 15.6. The summed E-state index contributed by atoms with van der Waals surface area (Å²) in [6.45, 7) is 6.74. The van der Waals surface area contributed by atoms with Crippen molar-refractivity contribution in [3.8, 4) is 11.4 Å². The Balaban J connectivity index is 1.84. The van der Waals surface area contributed by atoms with Gasteiger partial charge in [-0.3, -0.25) is 14.9 Å². The largest absolute Gasteiger partial charge is 0.353 e. The molecule has 0 N–H and O–H groups in total. The van der Waals surface area contributed by atoms with Gasteiger partial charge < -0.3 is 9.80 Å². The number of nitro groups is 1. The number of benzene rings is 1. The fourth-order valence-corrected chi connectivity index (χ4v) is 3.10. The lowest BCUT2D eigenvalue weighted by Crippen LogP contribution is -2.48. The van der Waals surface area contributed by atoms with Gasteiger partial charge in [0.05, 0.1) is 4.92 Å². The number of amides is 1. The smallest absolute Gasteiger partial charge is 0.269 e. The maximum absolute atomic E-state index is 11.9. The Hall–Kier alpha value is -3.03. The van der Waals surface area contributed by atoms with Crippen LogP contribution in [0.25, 0.3) is 11.4 Å². The van der Waals surface area contributed by atoms with E-state index < -0.39 is 4.92 Å². The van der Waals surface area contributed by atoms with Crippen LogP contribution in [0.5, 0.6) is 0 Å². The van der Waals surface area contributed by atoms with E-state index in [0.717, 1.165) is 36.6 Å². The van der Waals surface area contributed by atoms with Crippen LogP contribution >= 0.6 is 0 Å². The molecule has 0 aliphatic carbocycles. The summed E-state index contributed by atoms with van der Waals surface area (Å²) >= 11 is 0. The topological polar surface area (TPSA) is 92.5 Å². The van der Waals surface area contributed by atoms with Gasteiger partial charge in [-0.25, -0.2) is 9.97 Å². The number of carbonyl (C=O) groups is 1. The average molecular weight is 369 g/mol. The van der Waals surface area contributed by atoms with Crippen LogP contribution in [0.2, 0.25) is 0 Å². The van der Waals surface area contributed by atoms with Gasteiger partial charge in [0.25, 0.3) is 5.69 Å². The van der Waals surface area contributed by atoms with E-state index in [0.29, 0.717) is 25.3 Å². The highest BCUT2D eigenvalue weighted by Gasteiger charge is 2.22. The van der Waals surface area contributed by atoms with Crippen molar-refractivity contribution in [2.45, 2.75) is 26.7 Å². The third-order valence-corrected chi connectivity index (χ3v) is 4.72. The fourth-order valence-electron chi connectivity index (χ4n) is 3.10. The number of carbonyl (C=O) groups excluding carboxylic acids is 1. The molecule has 1 fully saturated rings. The summed E-state index contributed by atoms with van der Waals surface area (Å²) in [4.78, 5) is 35.6. The summed E-state index contributed by atoms with van der Waals surface area (Å²) in [6, 6.07) is 8.26. The molecular weight excluding hydrogens is 346 g/mol. The Morgan fingerprint density at radius 2 is 1.78 bits per heavy atom. The predicted molar refractivity (Wildman–Crippen MR) is 103 cm³/mol. The van der Waals surface area contributed by atoms with Gasteiger partial charge >= 0.3 is 0 Å². The zero-order chi connectivity index (χ0) is 19.4. The number of aryl methyl sites for hydroxylation is 1. The van der Waals surface area contributed by atoms with Gasteiger partial charge in [-0.2, -0.15) is 0 Å². The van der Waals surface area contributed by atoms with Gasteiger partial charge in [0.1, 0.15) is 5.82 Å². The van der Waals surface area contributed by atoms with E-state index in [4.69, 9.17) is 0 Å². The normalized spacial score (nSPS) is 14.3. The first-order chi connectivity index (χ1) is 13.0. The molecule has 1 aromatic heterocycles. The van der Waals surface area contributed by atoms with Gasteiger partial charge in [-0.05, 0) is 18.6 Å². The van der Waals surface area contributed by atoms with Gasteiger partial charge in [-0.15, -0.1) is 0 Å². The summed E-state index contributed by atoms with van der Waals surface area (Å²) in [5.74, 6) is 1.57. The highest BCUT2D eigenvalue weighted by molar-refractivity contribution is 5.76. The van der Waals surface area contributed by atoms with Crippen molar-refractivity contribution in [3.63, 3.8) is 0 Å². The van der Waals surface area contributed by atoms with Gasteiger partial charge in [-0.1, -0.05) is 13.8 Å². The van der Waals surface area contributed by atoms with E-state index >= 15 is 0 Å². The summed E-state index contributed by atoms with van der Waals surface area (Å²) in [6.07, 6.45) is 1.29. The van der Waals surface area contributed by atoms with Crippen LogP contribution in [0.3, 0.4) is 0 Å². The van der Waals surface area contributed by atoms with Crippen molar-refractivity contribution in [3.05, 3.63) is 46.1 Å². The SMILES string of the molecule is CCC(=O)N1CCN(c2cc(CC)nc(-c3ccc([N+](=O)[O-])cc3)n2)CC1. The molecule has 0 unspecified atom stereocenters. The summed E-state index contributed by atoms with van der Waals surface area (Å²) in [5, 5.41) is 10.8. The molecule has 2 heterocycles. The number of rotatable bonds is 5. The van der Waals surface area contributed by atoms with Crippen molar-refractivity contribution < 1.29 is 9.72 Å². The lowest BCUT2D eigenvalue weighted by atomic mass is 10.2. The van der Waals surface area contributed by atoms with Crippen LogP contribution in [-0.2, 0) is 11.2 Å². The van der Waals surface area contributed by atoms with Crippen LogP contribution in [0.15, 0.2) is 30.3 Å². The molecule has 2 aromatic rings. The maximum Gasteiger partial charge on any atom is 0.269 e. The molecule has 0 atom stereocenters. The summed E-state index contributed by atoms with van der Waals surface area (Å²) in [5.41, 5.74) is 1.71. The average Bonchev–Trinajstić information content (AvgIpc) is 2.73. The Bertz CT molecular complexity index is 830. The molecule has 1 aliphatic heterocycles. The molecular formula is C19H23N5O3. The van der Waals surface area contributed by atoms with E-state index in [2.05, 4.69) is 14.9 Å². The molecule has 1 aliphatic rings. The Morgan fingerprint density at radius 1 is 1.11 bits per heavy atom. The first-order valence-electron chi connectivity index (χ1n) is 9.17. The minimum absolute atomic E-state index is 0.0438. The lowest BCUT2D eigenvalue weighted by Gasteiger charge is -2.35. The summed E-state index contributed by atoms with van der Waals surface area (Å²) in [7, 11) is 0. The Morgan fingerprint density at radius 3 is 2.33 bits per heavy atom. The third-order valence-electron chi connectivity index (χ3n) is 4.72. The van der Waals surface area contributed by atoms with E-state index in [1.165, 1.54) is 12.1 Å². The van der Waals surface area contributed by atoms with Crippen molar-refractivity contribution in [2.75, 3.05) is 31.1 Å². The number of non-ortho nitro benzene ring substituents is 1. The second-order valence-electron chi connectivity index (χ2n) is 6.42. The number of piperazine rings is 1. The third kappa shape index (κ3) is 4.21. The Kier molecular flexibility index (Phi) is 5.63. The van der Waals surface area contributed by atoms with Crippen molar-refractivity contribution in [1.29, 1.82) is 0 Å². The van der Waals surface area contributed by atoms with Crippen LogP contribution in [-0.4, -0.2) is 51.9 Å². The molecule has 3 rings (SSSR count). The first-order valence-corrected chi connectivity index (χ1v) is 9.17. The number of aromatic nitrogens is 2. The van der Waals surface area contributed by atoms with Gasteiger partial charge in [0.15, 0.2) is 5.82 Å². The van der Waals surface area contributed by atoms with Crippen LogP contribution < -0.4 is 4.90 Å². The number of anilines is 1. The minimum Gasteiger partial charge on any atom is -0.353 e. The molecule has 0 saturated carbocycles. The van der Waals surface area contributed by atoms with Crippen LogP contribution in [0, 0.1) is 10.1 Å². The van der Waals surface area contributed by atoms with E-state index in [-0.39, 0.29) is 11.6 Å².